The second kappa shape index (κ2) is 6.33. The normalized spacial score (nSPS) is 15.8. The molecule has 78 valence electrons. The Kier molecular flexibility index (Phi) is 6.25. The second-order valence-corrected chi connectivity index (χ2v) is 4.35. The Labute approximate surface area is 87.5 Å². The molecule has 0 fully saturated rings. The summed E-state index contributed by atoms with van der Waals surface area (Å²) in [6, 6.07) is 1.08. The average molecular weight is 202 g/mol. The Morgan fingerprint density at radius 2 is 1.92 bits per heavy atom. The molecule has 3 heteroatoms. The van der Waals surface area contributed by atoms with Crippen molar-refractivity contribution in [3.63, 3.8) is 0 Å². The van der Waals surface area contributed by atoms with E-state index < -0.39 is 0 Å². The first kappa shape index (κ1) is 12.8. The summed E-state index contributed by atoms with van der Waals surface area (Å²) in [5, 5.41) is 0. The summed E-state index contributed by atoms with van der Waals surface area (Å²) in [5.41, 5.74) is 5.51. The fraction of sp³-hybridized carbons (Fsp3) is 0.900. The van der Waals surface area contributed by atoms with Crippen LogP contribution in [0.25, 0.3) is 0 Å². The number of rotatable bonds is 6. The fourth-order valence-electron chi connectivity index (χ4n) is 1.49. The number of nitrogens with two attached hydrogens (primary N) is 1. The molecule has 0 aromatic rings. The van der Waals surface area contributed by atoms with Crippen molar-refractivity contribution in [3.05, 3.63) is 0 Å². The van der Waals surface area contributed by atoms with Gasteiger partial charge in [-0.05, 0) is 27.3 Å². The molecule has 0 heterocycles. The SMILES string of the molecule is CCCC(C)N(C)C(C)CC(N)=S. The number of hydrogen-bond donors (Lipinski definition) is 1. The number of nitrogens with zero attached hydrogens (tertiary/aromatic N) is 1. The summed E-state index contributed by atoms with van der Waals surface area (Å²) < 4.78 is 0. The van der Waals surface area contributed by atoms with Gasteiger partial charge in [-0.25, -0.2) is 0 Å². The summed E-state index contributed by atoms with van der Waals surface area (Å²) in [4.78, 5) is 2.96. The van der Waals surface area contributed by atoms with E-state index in [1.165, 1.54) is 12.8 Å². The van der Waals surface area contributed by atoms with Gasteiger partial charge in [-0.3, -0.25) is 0 Å². The van der Waals surface area contributed by atoms with Gasteiger partial charge >= 0.3 is 0 Å². The van der Waals surface area contributed by atoms with Gasteiger partial charge in [0.05, 0.1) is 4.99 Å². The van der Waals surface area contributed by atoms with E-state index in [0.29, 0.717) is 17.1 Å². The van der Waals surface area contributed by atoms with Gasteiger partial charge in [0.15, 0.2) is 0 Å². The van der Waals surface area contributed by atoms with E-state index in [2.05, 4.69) is 32.7 Å². The topological polar surface area (TPSA) is 29.3 Å². The van der Waals surface area contributed by atoms with Crippen LogP contribution in [0.2, 0.25) is 0 Å². The molecule has 0 aromatic heterocycles. The summed E-state index contributed by atoms with van der Waals surface area (Å²) in [7, 11) is 2.14. The molecule has 0 amide bonds. The van der Waals surface area contributed by atoms with Crippen LogP contribution in [0.15, 0.2) is 0 Å². The highest BCUT2D eigenvalue weighted by molar-refractivity contribution is 7.80. The van der Waals surface area contributed by atoms with Gasteiger partial charge in [0.2, 0.25) is 0 Å². The molecule has 0 aliphatic heterocycles. The predicted octanol–water partition coefficient (Wildman–Crippen LogP) is 2.17. The molecule has 13 heavy (non-hydrogen) atoms. The highest BCUT2D eigenvalue weighted by Gasteiger charge is 2.15. The molecule has 0 radical (unpaired) electrons. The fourth-order valence-corrected chi connectivity index (χ4v) is 1.73. The Morgan fingerprint density at radius 3 is 2.31 bits per heavy atom. The maximum Gasteiger partial charge on any atom is 0.0742 e. The van der Waals surface area contributed by atoms with E-state index >= 15 is 0 Å². The Bertz CT molecular complexity index is 159. The zero-order valence-corrected chi connectivity index (χ0v) is 10.0. The van der Waals surface area contributed by atoms with Crippen LogP contribution >= 0.6 is 12.2 Å². The summed E-state index contributed by atoms with van der Waals surface area (Å²) >= 11 is 4.89. The zero-order chi connectivity index (χ0) is 10.4. The van der Waals surface area contributed by atoms with E-state index in [9.17, 15) is 0 Å². The largest absolute Gasteiger partial charge is 0.393 e. The quantitative estimate of drug-likeness (QED) is 0.669. The summed E-state index contributed by atoms with van der Waals surface area (Å²) in [6.07, 6.45) is 3.28. The lowest BCUT2D eigenvalue weighted by Crippen LogP contribution is -2.38. The third-order valence-electron chi connectivity index (χ3n) is 2.59. The minimum atomic E-state index is 0.457. The molecule has 0 saturated carbocycles. The van der Waals surface area contributed by atoms with Gasteiger partial charge in [-0.15, -0.1) is 0 Å². The van der Waals surface area contributed by atoms with Crippen molar-refractivity contribution in [3.8, 4) is 0 Å². The minimum Gasteiger partial charge on any atom is -0.393 e. The van der Waals surface area contributed by atoms with Crippen LogP contribution in [-0.4, -0.2) is 29.0 Å². The highest BCUT2D eigenvalue weighted by Crippen LogP contribution is 2.10. The van der Waals surface area contributed by atoms with Gasteiger partial charge < -0.3 is 10.6 Å². The van der Waals surface area contributed by atoms with Crippen LogP contribution in [0.5, 0.6) is 0 Å². The lowest BCUT2D eigenvalue weighted by Gasteiger charge is -2.30. The van der Waals surface area contributed by atoms with Gasteiger partial charge in [0, 0.05) is 18.5 Å². The van der Waals surface area contributed by atoms with E-state index in [0.717, 1.165) is 6.42 Å². The van der Waals surface area contributed by atoms with Crippen molar-refractivity contribution < 1.29 is 0 Å². The molecular formula is C10H22N2S. The van der Waals surface area contributed by atoms with Gasteiger partial charge in [0.1, 0.15) is 0 Å². The van der Waals surface area contributed by atoms with Crippen molar-refractivity contribution in [2.24, 2.45) is 5.73 Å². The lowest BCUT2D eigenvalue weighted by molar-refractivity contribution is 0.190. The minimum absolute atomic E-state index is 0.457. The van der Waals surface area contributed by atoms with Crippen LogP contribution < -0.4 is 5.73 Å². The van der Waals surface area contributed by atoms with E-state index in [1.807, 2.05) is 0 Å². The Balaban J connectivity index is 3.92. The molecule has 2 N–H and O–H groups in total. The Morgan fingerprint density at radius 1 is 1.38 bits per heavy atom. The molecule has 2 unspecified atom stereocenters. The first-order valence-electron chi connectivity index (χ1n) is 4.99. The van der Waals surface area contributed by atoms with E-state index in [1.54, 1.807) is 0 Å². The molecule has 2 atom stereocenters. The van der Waals surface area contributed by atoms with Crippen LogP contribution in [0.3, 0.4) is 0 Å². The number of thiocarbonyl (C=S) groups is 1. The maximum atomic E-state index is 5.51. The zero-order valence-electron chi connectivity index (χ0n) is 9.21. The van der Waals surface area contributed by atoms with Crippen molar-refractivity contribution in [1.82, 2.24) is 4.90 Å². The van der Waals surface area contributed by atoms with Crippen LogP contribution in [-0.2, 0) is 0 Å². The van der Waals surface area contributed by atoms with Gasteiger partial charge in [-0.2, -0.15) is 0 Å². The van der Waals surface area contributed by atoms with Gasteiger partial charge in [0.25, 0.3) is 0 Å². The van der Waals surface area contributed by atoms with Crippen molar-refractivity contribution >= 4 is 17.2 Å². The summed E-state index contributed by atoms with van der Waals surface area (Å²) in [5.74, 6) is 0. The average Bonchev–Trinajstić information content (AvgIpc) is 2.02. The Hall–Kier alpha value is -0.150. The molecule has 0 saturated heterocycles. The van der Waals surface area contributed by atoms with Crippen LogP contribution in [0.4, 0.5) is 0 Å². The smallest absolute Gasteiger partial charge is 0.0742 e. The van der Waals surface area contributed by atoms with Crippen molar-refractivity contribution in [2.75, 3.05) is 7.05 Å². The molecule has 2 nitrogen and oxygen atoms in total. The third-order valence-corrected chi connectivity index (χ3v) is 2.76. The molecule has 0 rings (SSSR count). The molecule has 0 spiro atoms. The summed E-state index contributed by atoms with van der Waals surface area (Å²) in [6.45, 7) is 6.63. The van der Waals surface area contributed by atoms with Crippen molar-refractivity contribution in [2.45, 2.75) is 52.1 Å². The van der Waals surface area contributed by atoms with E-state index in [4.69, 9.17) is 18.0 Å². The lowest BCUT2D eigenvalue weighted by atomic mass is 10.1. The molecule has 0 bridgehead atoms. The first-order chi connectivity index (χ1) is 5.99. The second-order valence-electron chi connectivity index (χ2n) is 3.82. The molecule has 0 aromatic carbocycles. The van der Waals surface area contributed by atoms with E-state index in [-0.39, 0.29) is 0 Å². The first-order valence-corrected chi connectivity index (χ1v) is 5.40. The maximum absolute atomic E-state index is 5.51. The molecular weight excluding hydrogens is 180 g/mol. The third kappa shape index (κ3) is 5.21. The standard InChI is InChI=1S/C10H22N2S/c1-5-6-8(2)12(4)9(3)7-10(11)13/h8-9H,5-7H2,1-4H3,(H2,11,13). The monoisotopic (exact) mass is 202 g/mol. The van der Waals surface area contributed by atoms with Crippen LogP contribution in [0, 0.1) is 0 Å². The molecule has 0 aliphatic carbocycles. The predicted molar refractivity (Wildman–Crippen MR) is 63.0 cm³/mol. The van der Waals surface area contributed by atoms with Gasteiger partial charge in [-0.1, -0.05) is 25.6 Å². The molecule has 0 aliphatic rings. The van der Waals surface area contributed by atoms with Crippen molar-refractivity contribution in [1.29, 1.82) is 0 Å². The highest BCUT2D eigenvalue weighted by atomic mass is 32.1. The number of hydrogen-bond acceptors (Lipinski definition) is 2. The van der Waals surface area contributed by atoms with Crippen LogP contribution in [0.1, 0.15) is 40.0 Å².